The van der Waals surface area contributed by atoms with Crippen molar-refractivity contribution in [1.29, 1.82) is 0 Å². The van der Waals surface area contributed by atoms with Crippen molar-refractivity contribution >= 4 is 22.7 Å². The molecule has 0 aliphatic carbocycles. The predicted octanol–water partition coefficient (Wildman–Crippen LogP) is 3.35. The molecule has 128 valence electrons. The van der Waals surface area contributed by atoms with Crippen LogP contribution >= 0.6 is 0 Å². The molecule has 0 radical (unpaired) electrons. The molecule has 0 spiro atoms. The van der Waals surface area contributed by atoms with Gasteiger partial charge in [-0.15, -0.1) is 0 Å². The van der Waals surface area contributed by atoms with Crippen LogP contribution in [-0.2, 0) is 11.2 Å². The van der Waals surface area contributed by atoms with Crippen LogP contribution in [0, 0.1) is 6.92 Å². The molecule has 6 heteroatoms. The van der Waals surface area contributed by atoms with Crippen molar-refractivity contribution in [3.63, 3.8) is 0 Å². The lowest BCUT2D eigenvalue weighted by Crippen LogP contribution is -2.12. The Morgan fingerprint density at radius 2 is 1.62 bits per heavy atom. The van der Waals surface area contributed by atoms with E-state index in [1.807, 2.05) is 6.92 Å². The van der Waals surface area contributed by atoms with Gasteiger partial charge in [-0.25, -0.2) is 4.79 Å². The largest absolute Gasteiger partial charge is 0.496 e. The lowest BCUT2D eigenvalue weighted by atomic mass is 9.91. The minimum absolute atomic E-state index is 0.118. The first-order valence-corrected chi connectivity index (χ1v) is 7.49. The molecule has 0 saturated carbocycles. The number of carboxylic acid groups (broad SMARTS) is 1. The molecular formula is C18H20O6. The SMILES string of the molecule is CCc1c(C(=O)O)c(C)c2c(OC)ccc(OC)c2c1OC(C)=O. The molecule has 0 saturated heterocycles. The average Bonchev–Trinajstić information content (AvgIpc) is 2.54. The highest BCUT2D eigenvalue weighted by Crippen LogP contribution is 2.45. The van der Waals surface area contributed by atoms with Gasteiger partial charge in [-0.05, 0) is 31.0 Å². The van der Waals surface area contributed by atoms with Crippen LogP contribution in [0.25, 0.3) is 10.8 Å². The first-order chi connectivity index (χ1) is 11.4. The summed E-state index contributed by atoms with van der Waals surface area (Å²) in [5, 5.41) is 10.8. The lowest BCUT2D eigenvalue weighted by molar-refractivity contribution is -0.131. The van der Waals surface area contributed by atoms with E-state index in [1.165, 1.54) is 21.1 Å². The van der Waals surface area contributed by atoms with E-state index >= 15 is 0 Å². The van der Waals surface area contributed by atoms with Crippen molar-refractivity contribution in [2.45, 2.75) is 27.2 Å². The first kappa shape index (κ1) is 17.6. The number of aryl methyl sites for hydroxylation is 1. The maximum Gasteiger partial charge on any atom is 0.336 e. The third kappa shape index (κ3) is 2.75. The summed E-state index contributed by atoms with van der Waals surface area (Å²) < 4.78 is 16.2. The van der Waals surface area contributed by atoms with Crippen LogP contribution < -0.4 is 14.2 Å². The van der Waals surface area contributed by atoms with E-state index in [9.17, 15) is 14.7 Å². The molecule has 6 nitrogen and oxygen atoms in total. The summed E-state index contributed by atoms with van der Waals surface area (Å²) in [5.74, 6) is -0.432. The maximum atomic E-state index is 11.8. The number of fused-ring (bicyclic) bond motifs is 1. The van der Waals surface area contributed by atoms with Crippen LogP contribution in [0.3, 0.4) is 0 Å². The molecule has 1 N–H and O–H groups in total. The van der Waals surface area contributed by atoms with E-state index in [4.69, 9.17) is 14.2 Å². The average molecular weight is 332 g/mol. The normalized spacial score (nSPS) is 10.5. The third-order valence-electron chi connectivity index (χ3n) is 3.93. The summed E-state index contributed by atoms with van der Waals surface area (Å²) in [4.78, 5) is 23.4. The highest BCUT2D eigenvalue weighted by molar-refractivity contribution is 6.08. The first-order valence-electron chi connectivity index (χ1n) is 7.49. The zero-order valence-electron chi connectivity index (χ0n) is 14.4. The summed E-state index contributed by atoms with van der Waals surface area (Å²) in [6.07, 6.45) is 0.390. The number of rotatable bonds is 5. The molecule has 0 aromatic heterocycles. The number of carbonyl (C=O) groups excluding carboxylic acids is 1. The quantitative estimate of drug-likeness (QED) is 0.668. The second-order valence-corrected chi connectivity index (χ2v) is 5.28. The van der Waals surface area contributed by atoms with Crippen molar-refractivity contribution in [2.75, 3.05) is 14.2 Å². The van der Waals surface area contributed by atoms with E-state index < -0.39 is 11.9 Å². The summed E-state index contributed by atoms with van der Waals surface area (Å²) in [6, 6.07) is 3.40. The van der Waals surface area contributed by atoms with Crippen molar-refractivity contribution in [1.82, 2.24) is 0 Å². The van der Waals surface area contributed by atoms with Gasteiger partial charge in [0.15, 0.2) is 0 Å². The van der Waals surface area contributed by atoms with Gasteiger partial charge in [0.1, 0.15) is 17.2 Å². The molecule has 0 fully saturated rings. The molecule has 0 bridgehead atoms. The minimum atomic E-state index is -1.08. The number of carboxylic acids is 1. The maximum absolute atomic E-state index is 11.8. The highest BCUT2D eigenvalue weighted by Gasteiger charge is 2.26. The van der Waals surface area contributed by atoms with Crippen LogP contribution in [0.5, 0.6) is 17.2 Å². The van der Waals surface area contributed by atoms with Gasteiger partial charge < -0.3 is 19.3 Å². The molecule has 0 atom stereocenters. The summed E-state index contributed by atoms with van der Waals surface area (Å²) in [5.41, 5.74) is 1.11. The molecule has 0 aliphatic rings. The number of benzene rings is 2. The zero-order valence-corrected chi connectivity index (χ0v) is 14.4. The van der Waals surface area contributed by atoms with Crippen molar-refractivity contribution in [3.05, 3.63) is 28.8 Å². The van der Waals surface area contributed by atoms with E-state index in [2.05, 4.69) is 0 Å². The molecule has 0 aliphatic heterocycles. The Balaban J connectivity index is 3.14. The number of aromatic carboxylic acids is 1. The smallest absolute Gasteiger partial charge is 0.336 e. The molecular weight excluding hydrogens is 312 g/mol. The highest BCUT2D eigenvalue weighted by atomic mass is 16.5. The van der Waals surface area contributed by atoms with Gasteiger partial charge in [0.25, 0.3) is 0 Å². The lowest BCUT2D eigenvalue weighted by Gasteiger charge is -2.20. The standard InChI is InChI=1S/C18H20O6/c1-6-11-14(18(20)21)9(2)15-12(22-4)7-8-13(23-5)16(15)17(11)24-10(3)19/h7-8H,6H2,1-5H3,(H,20,21). The predicted molar refractivity (Wildman–Crippen MR) is 89.4 cm³/mol. The molecule has 0 amide bonds. The number of hydrogen-bond donors (Lipinski definition) is 1. The fourth-order valence-corrected chi connectivity index (χ4v) is 3.00. The Hall–Kier alpha value is -2.76. The minimum Gasteiger partial charge on any atom is -0.496 e. The van der Waals surface area contributed by atoms with Crippen LogP contribution in [0.15, 0.2) is 12.1 Å². The Morgan fingerprint density at radius 1 is 1.08 bits per heavy atom. The monoisotopic (exact) mass is 332 g/mol. The summed E-state index contributed by atoms with van der Waals surface area (Å²) in [7, 11) is 3.01. The molecule has 0 heterocycles. The van der Waals surface area contributed by atoms with Gasteiger partial charge in [-0.2, -0.15) is 0 Å². The Labute approximate surface area is 139 Å². The second-order valence-electron chi connectivity index (χ2n) is 5.28. The molecule has 24 heavy (non-hydrogen) atoms. The molecule has 0 unspecified atom stereocenters. The number of ether oxygens (including phenoxy) is 3. The van der Waals surface area contributed by atoms with E-state index in [1.54, 1.807) is 19.1 Å². The van der Waals surface area contributed by atoms with Crippen LogP contribution in [0.4, 0.5) is 0 Å². The van der Waals surface area contributed by atoms with Gasteiger partial charge in [-0.1, -0.05) is 6.92 Å². The third-order valence-corrected chi connectivity index (χ3v) is 3.93. The van der Waals surface area contributed by atoms with Crippen LogP contribution in [0.1, 0.15) is 35.3 Å². The Bertz CT molecular complexity index is 822. The Morgan fingerprint density at radius 3 is 2.04 bits per heavy atom. The zero-order chi connectivity index (χ0) is 18.0. The number of methoxy groups -OCH3 is 2. The van der Waals surface area contributed by atoms with Crippen molar-refractivity contribution in [2.24, 2.45) is 0 Å². The van der Waals surface area contributed by atoms with Gasteiger partial charge in [0, 0.05) is 17.9 Å². The number of carbonyl (C=O) groups is 2. The summed E-state index contributed by atoms with van der Waals surface area (Å²) >= 11 is 0. The van der Waals surface area contributed by atoms with Gasteiger partial charge >= 0.3 is 11.9 Å². The van der Waals surface area contributed by atoms with Crippen molar-refractivity contribution < 1.29 is 28.9 Å². The summed E-state index contributed by atoms with van der Waals surface area (Å²) in [6.45, 7) is 4.80. The van der Waals surface area contributed by atoms with E-state index in [0.717, 1.165) is 0 Å². The Kier molecular flexibility index (Phi) is 4.97. The number of hydrogen-bond acceptors (Lipinski definition) is 5. The van der Waals surface area contributed by atoms with Gasteiger partial charge in [0.2, 0.25) is 0 Å². The van der Waals surface area contributed by atoms with Crippen LogP contribution in [0.2, 0.25) is 0 Å². The topological polar surface area (TPSA) is 82.1 Å². The number of esters is 1. The fraction of sp³-hybridized carbons (Fsp3) is 0.333. The van der Waals surface area contributed by atoms with Crippen molar-refractivity contribution in [3.8, 4) is 17.2 Å². The van der Waals surface area contributed by atoms with E-state index in [0.29, 0.717) is 39.8 Å². The van der Waals surface area contributed by atoms with E-state index in [-0.39, 0.29) is 11.3 Å². The fourth-order valence-electron chi connectivity index (χ4n) is 3.00. The van der Waals surface area contributed by atoms with Gasteiger partial charge in [0.05, 0.1) is 25.2 Å². The second kappa shape index (κ2) is 6.78. The molecule has 2 aromatic rings. The van der Waals surface area contributed by atoms with Gasteiger partial charge in [-0.3, -0.25) is 4.79 Å². The molecule has 2 rings (SSSR count). The van der Waals surface area contributed by atoms with Crippen LogP contribution in [-0.4, -0.2) is 31.3 Å². The molecule has 2 aromatic carbocycles.